The van der Waals surface area contributed by atoms with Gasteiger partial charge in [0, 0.05) is 13.0 Å². The highest BCUT2D eigenvalue weighted by molar-refractivity contribution is 7.85. The molecule has 0 aromatic carbocycles. The van der Waals surface area contributed by atoms with E-state index in [0.29, 0.717) is 13.0 Å². The molecule has 0 radical (unpaired) electrons. The van der Waals surface area contributed by atoms with E-state index in [-0.39, 0.29) is 41.9 Å². The second kappa shape index (κ2) is 9.55. The third kappa shape index (κ3) is 12.7. The molecule has 1 atom stereocenters. The van der Waals surface area contributed by atoms with E-state index in [1.54, 1.807) is 0 Å². The third-order valence-corrected chi connectivity index (χ3v) is 3.74. The molecule has 0 heterocycles. The molecular formula is C12H27ClN2O4S. The van der Waals surface area contributed by atoms with E-state index in [0.717, 1.165) is 12.8 Å². The fourth-order valence-corrected chi connectivity index (χ4v) is 2.74. The van der Waals surface area contributed by atoms with Gasteiger partial charge in [-0.2, -0.15) is 8.42 Å². The van der Waals surface area contributed by atoms with Crippen molar-refractivity contribution in [1.29, 1.82) is 0 Å². The Morgan fingerprint density at radius 1 is 1.40 bits per heavy atom. The molecule has 6 nitrogen and oxygen atoms in total. The van der Waals surface area contributed by atoms with Crippen LogP contribution in [0, 0.1) is 5.41 Å². The van der Waals surface area contributed by atoms with Gasteiger partial charge < -0.3 is 11.1 Å². The number of rotatable bonds is 9. The highest BCUT2D eigenvalue weighted by Gasteiger charge is 2.24. The van der Waals surface area contributed by atoms with Gasteiger partial charge in [0.1, 0.15) is 0 Å². The summed E-state index contributed by atoms with van der Waals surface area (Å²) in [5.74, 6) is -0.541. The van der Waals surface area contributed by atoms with Crippen molar-refractivity contribution in [2.45, 2.75) is 52.5 Å². The molecule has 0 saturated heterocycles. The van der Waals surface area contributed by atoms with Crippen LogP contribution in [0.1, 0.15) is 46.5 Å². The summed E-state index contributed by atoms with van der Waals surface area (Å²) in [5, 5.41) is 2.74. The maximum absolute atomic E-state index is 11.1. The van der Waals surface area contributed by atoms with E-state index in [4.69, 9.17) is 10.3 Å². The van der Waals surface area contributed by atoms with Crippen molar-refractivity contribution in [2.24, 2.45) is 11.1 Å². The standard InChI is InChI=1S/C12H26N2O4S.ClH/c1-10(15)14-11(5-8-19(16,17)18)9-12(2,3)6-4-7-13;/h11H,4-9,13H2,1-3H3,(H,14,15)(H,16,17,18);1H. The maximum Gasteiger partial charge on any atom is 0.264 e. The van der Waals surface area contributed by atoms with E-state index in [9.17, 15) is 13.2 Å². The van der Waals surface area contributed by atoms with Gasteiger partial charge >= 0.3 is 0 Å². The average molecular weight is 331 g/mol. The summed E-state index contributed by atoms with van der Waals surface area (Å²) in [6, 6.07) is -0.257. The lowest BCUT2D eigenvalue weighted by molar-refractivity contribution is -0.119. The topological polar surface area (TPSA) is 109 Å². The molecule has 0 aliphatic carbocycles. The van der Waals surface area contributed by atoms with Crippen LogP contribution in [-0.4, -0.2) is 37.2 Å². The van der Waals surface area contributed by atoms with Gasteiger partial charge in [-0.1, -0.05) is 13.8 Å². The molecule has 0 spiro atoms. The molecule has 0 saturated carbocycles. The van der Waals surface area contributed by atoms with Crippen LogP contribution in [-0.2, 0) is 14.9 Å². The Kier molecular flexibility index (Phi) is 10.5. The number of hydrogen-bond donors (Lipinski definition) is 3. The van der Waals surface area contributed by atoms with Gasteiger partial charge in [0.05, 0.1) is 5.75 Å². The first-order valence-electron chi connectivity index (χ1n) is 6.48. The Bertz CT molecular complexity index is 385. The zero-order valence-electron chi connectivity index (χ0n) is 12.4. The molecule has 122 valence electrons. The predicted molar refractivity (Wildman–Crippen MR) is 82.6 cm³/mol. The third-order valence-electron chi connectivity index (χ3n) is 2.99. The van der Waals surface area contributed by atoms with Gasteiger partial charge in [-0.05, 0) is 37.6 Å². The lowest BCUT2D eigenvalue weighted by atomic mass is 9.81. The summed E-state index contributed by atoms with van der Waals surface area (Å²) in [6.07, 6.45) is 2.66. The number of nitrogens with two attached hydrogens (primary N) is 1. The predicted octanol–water partition coefficient (Wildman–Crippen LogP) is 1.35. The highest BCUT2D eigenvalue weighted by Crippen LogP contribution is 2.29. The summed E-state index contributed by atoms with van der Waals surface area (Å²) < 4.78 is 30.4. The fourth-order valence-electron chi connectivity index (χ4n) is 2.15. The Morgan fingerprint density at radius 3 is 2.35 bits per heavy atom. The van der Waals surface area contributed by atoms with Gasteiger partial charge in [0.2, 0.25) is 5.91 Å². The first kappa shape index (κ1) is 21.9. The first-order valence-corrected chi connectivity index (χ1v) is 8.09. The van der Waals surface area contributed by atoms with Crippen molar-refractivity contribution in [3.05, 3.63) is 0 Å². The molecule has 1 unspecified atom stereocenters. The van der Waals surface area contributed by atoms with Crippen LogP contribution < -0.4 is 11.1 Å². The van der Waals surface area contributed by atoms with E-state index in [1.165, 1.54) is 6.92 Å². The monoisotopic (exact) mass is 330 g/mol. The minimum atomic E-state index is -4.00. The van der Waals surface area contributed by atoms with Crippen LogP contribution in [0.2, 0.25) is 0 Å². The van der Waals surface area contributed by atoms with E-state index in [1.807, 2.05) is 0 Å². The SMILES string of the molecule is CC(=O)NC(CCS(=O)(=O)O)CC(C)(C)CCCN.Cl. The Balaban J connectivity index is 0. The van der Waals surface area contributed by atoms with Crippen LogP contribution in [0.3, 0.4) is 0 Å². The molecule has 0 rings (SSSR count). The highest BCUT2D eigenvalue weighted by atomic mass is 35.5. The number of nitrogens with one attached hydrogen (secondary N) is 1. The van der Waals surface area contributed by atoms with Crippen LogP contribution in [0.15, 0.2) is 0 Å². The smallest absolute Gasteiger partial charge is 0.264 e. The Morgan fingerprint density at radius 2 is 1.95 bits per heavy atom. The molecule has 20 heavy (non-hydrogen) atoms. The molecule has 0 aromatic heterocycles. The molecule has 0 aliphatic heterocycles. The van der Waals surface area contributed by atoms with Gasteiger partial charge in [-0.15, -0.1) is 12.4 Å². The Hall–Kier alpha value is -0.370. The van der Waals surface area contributed by atoms with E-state index < -0.39 is 10.1 Å². The Labute approximate surface area is 128 Å². The lowest BCUT2D eigenvalue weighted by Gasteiger charge is -2.30. The average Bonchev–Trinajstić information content (AvgIpc) is 2.21. The normalized spacial score (nSPS) is 13.4. The van der Waals surface area contributed by atoms with Gasteiger partial charge in [-0.3, -0.25) is 9.35 Å². The van der Waals surface area contributed by atoms with Crippen molar-refractivity contribution in [3.8, 4) is 0 Å². The second-order valence-corrected chi connectivity index (χ2v) is 7.30. The van der Waals surface area contributed by atoms with Crippen molar-refractivity contribution < 1.29 is 17.8 Å². The van der Waals surface area contributed by atoms with Crippen molar-refractivity contribution in [3.63, 3.8) is 0 Å². The van der Waals surface area contributed by atoms with Gasteiger partial charge in [-0.25, -0.2) is 0 Å². The molecule has 0 aromatic rings. The van der Waals surface area contributed by atoms with E-state index >= 15 is 0 Å². The molecule has 0 aliphatic rings. The molecule has 0 bridgehead atoms. The number of halogens is 1. The first-order chi connectivity index (χ1) is 8.56. The molecule has 1 amide bonds. The summed E-state index contributed by atoms with van der Waals surface area (Å²) >= 11 is 0. The van der Waals surface area contributed by atoms with Crippen LogP contribution >= 0.6 is 12.4 Å². The van der Waals surface area contributed by atoms with Crippen LogP contribution in [0.4, 0.5) is 0 Å². The van der Waals surface area contributed by atoms with Crippen molar-refractivity contribution in [2.75, 3.05) is 12.3 Å². The summed E-state index contributed by atoms with van der Waals surface area (Å²) in [5.41, 5.74) is 5.44. The van der Waals surface area contributed by atoms with Crippen LogP contribution in [0.25, 0.3) is 0 Å². The lowest BCUT2D eigenvalue weighted by Crippen LogP contribution is -2.38. The van der Waals surface area contributed by atoms with E-state index in [2.05, 4.69) is 19.2 Å². The minimum Gasteiger partial charge on any atom is -0.354 e. The van der Waals surface area contributed by atoms with Gasteiger partial charge in [0.15, 0.2) is 0 Å². The van der Waals surface area contributed by atoms with Crippen molar-refractivity contribution in [1.82, 2.24) is 5.32 Å². The molecule has 0 fully saturated rings. The fraction of sp³-hybridized carbons (Fsp3) is 0.917. The summed E-state index contributed by atoms with van der Waals surface area (Å²) in [7, 11) is -4.00. The number of carbonyl (C=O) groups is 1. The number of hydrogen-bond acceptors (Lipinski definition) is 4. The minimum absolute atomic E-state index is 0. The molecule has 8 heteroatoms. The van der Waals surface area contributed by atoms with Gasteiger partial charge in [0.25, 0.3) is 10.1 Å². The largest absolute Gasteiger partial charge is 0.354 e. The molecule has 4 N–H and O–H groups in total. The number of carbonyl (C=O) groups excluding carboxylic acids is 1. The van der Waals surface area contributed by atoms with Crippen molar-refractivity contribution >= 4 is 28.4 Å². The maximum atomic E-state index is 11.1. The quantitative estimate of drug-likeness (QED) is 0.553. The molecular weight excluding hydrogens is 304 g/mol. The summed E-state index contributed by atoms with van der Waals surface area (Å²) in [4.78, 5) is 11.1. The van der Waals surface area contributed by atoms with Crippen LogP contribution in [0.5, 0.6) is 0 Å². The zero-order chi connectivity index (χ0) is 15.1. The second-order valence-electron chi connectivity index (χ2n) is 5.73. The zero-order valence-corrected chi connectivity index (χ0v) is 14.0. The number of amides is 1. The summed E-state index contributed by atoms with van der Waals surface area (Å²) in [6.45, 7) is 6.13.